The van der Waals surface area contributed by atoms with E-state index in [-0.39, 0.29) is 5.91 Å². The fraction of sp³-hybridized carbons (Fsp3) is 0.400. The molecule has 0 spiro atoms. The van der Waals surface area contributed by atoms with E-state index in [1.54, 1.807) is 0 Å². The predicted molar refractivity (Wildman–Crippen MR) is 101 cm³/mol. The molecule has 1 heterocycles. The number of nitrogens with one attached hydrogen (secondary N) is 2. The van der Waals surface area contributed by atoms with Crippen molar-refractivity contribution >= 4 is 12.2 Å². The van der Waals surface area contributed by atoms with Crippen LogP contribution < -0.4 is 5.32 Å². The van der Waals surface area contributed by atoms with Gasteiger partial charge in [0.15, 0.2) is 6.29 Å². The van der Waals surface area contributed by atoms with E-state index in [0.717, 1.165) is 37.9 Å². The van der Waals surface area contributed by atoms with Gasteiger partial charge in [-0.05, 0) is 38.5 Å². The van der Waals surface area contributed by atoms with Gasteiger partial charge in [0.1, 0.15) is 0 Å². The summed E-state index contributed by atoms with van der Waals surface area (Å²) in [6.07, 6.45) is 1.67. The highest BCUT2D eigenvalue weighted by Crippen LogP contribution is 2.29. The molecule has 0 aliphatic heterocycles. The molecule has 5 heteroatoms. The summed E-state index contributed by atoms with van der Waals surface area (Å²) in [5, 5.41) is 2.99. The van der Waals surface area contributed by atoms with Crippen molar-refractivity contribution in [1.82, 2.24) is 15.2 Å². The molecule has 2 aromatic rings. The highest BCUT2D eigenvalue weighted by atomic mass is 16.1. The maximum Gasteiger partial charge on any atom is 0.253 e. The first-order valence-corrected chi connectivity index (χ1v) is 8.86. The minimum atomic E-state index is -0.139. The van der Waals surface area contributed by atoms with Crippen molar-refractivity contribution in [3.8, 4) is 11.1 Å². The molecule has 0 saturated heterocycles. The fourth-order valence-electron chi connectivity index (χ4n) is 3.06. The van der Waals surface area contributed by atoms with Gasteiger partial charge < -0.3 is 15.2 Å². The Bertz CT molecular complexity index is 703. The zero-order chi connectivity index (χ0) is 18.2. The fourth-order valence-corrected chi connectivity index (χ4v) is 3.06. The molecule has 2 N–H and O–H groups in total. The van der Waals surface area contributed by atoms with Crippen LogP contribution in [0.4, 0.5) is 0 Å². The smallest absolute Gasteiger partial charge is 0.253 e. The SMILES string of the molecule is CCN(CC)CCCNC(=O)c1c(C)[nH]c(C=O)c1-c1ccccc1. The van der Waals surface area contributed by atoms with Gasteiger partial charge in [-0.25, -0.2) is 0 Å². The summed E-state index contributed by atoms with van der Waals surface area (Å²) < 4.78 is 0. The molecule has 5 nitrogen and oxygen atoms in total. The normalized spacial score (nSPS) is 10.9. The first-order chi connectivity index (χ1) is 12.1. The monoisotopic (exact) mass is 341 g/mol. The summed E-state index contributed by atoms with van der Waals surface area (Å²) in [5.74, 6) is -0.139. The third kappa shape index (κ3) is 4.57. The maximum atomic E-state index is 12.7. The number of aryl methyl sites for hydroxylation is 1. The molecule has 2 rings (SSSR count). The second kappa shape index (κ2) is 9.18. The number of aldehydes is 1. The second-order valence-corrected chi connectivity index (χ2v) is 6.03. The van der Waals surface area contributed by atoms with Crippen LogP contribution in [0.25, 0.3) is 11.1 Å². The summed E-state index contributed by atoms with van der Waals surface area (Å²) in [6, 6.07) is 9.53. The Labute approximate surface area is 149 Å². The van der Waals surface area contributed by atoms with Gasteiger partial charge >= 0.3 is 0 Å². The topological polar surface area (TPSA) is 65.2 Å². The molecule has 0 bridgehead atoms. The van der Waals surface area contributed by atoms with Crippen LogP contribution in [0, 0.1) is 6.92 Å². The number of amides is 1. The Morgan fingerprint density at radius 1 is 1.20 bits per heavy atom. The summed E-state index contributed by atoms with van der Waals surface area (Å²) >= 11 is 0. The predicted octanol–water partition coefficient (Wildman–Crippen LogP) is 3.26. The van der Waals surface area contributed by atoms with Gasteiger partial charge in [0.25, 0.3) is 5.91 Å². The number of rotatable bonds is 9. The van der Waals surface area contributed by atoms with E-state index in [9.17, 15) is 9.59 Å². The highest BCUT2D eigenvalue weighted by molar-refractivity contribution is 6.06. The minimum Gasteiger partial charge on any atom is -0.355 e. The summed E-state index contributed by atoms with van der Waals surface area (Å²) in [7, 11) is 0. The van der Waals surface area contributed by atoms with Gasteiger partial charge in [-0.3, -0.25) is 9.59 Å². The summed E-state index contributed by atoms with van der Waals surface area (Å²) in [6.45, 7) is 9.71. The summed E-state index contributed by atoms with van der Waals surface area (Å²) in [5.41, 5.74) is 3.24. The van der Waals surface area contributed by atoms with E-state index in [1.165, 1.54) is 0 Å². The van der Waals surface area contributed by atoms with Crippen LogP contribution in [0.3, 0.4) is 0 Å². The van der Waals surface area contributed by atoms with Crippen molar-refractivity contribution in [3.63, 3.8) is 0 Å². The lowest BCUT2D eigenvalue weighted by atomic mass is 10.00. The van der Waals surface area contributed by atoms with Crippen LogP contribution in [0.5, 0.6) is 0 Å². The molecule has 0 aliphatic carbocycles. The van der Waals surface area contributed by atoms with E-state index >= 15 is 0 Å². The van der Waals surface area contributed by atoms with Crippen LogP contribution in [-0.4, -0.2) is 48.3 Å². The van der Waals surface area contributed by atoms with E-state index < -0.39 is 0 Å². The number of carbonyl (C=O) groups excluding carboxylic acids is 2. The first-order valence-electron chi connectivity index (χ1n) is 8.86. The van der Waals surface area contributed by atoms with E-state index in [0.29, 0.717) is 29.1 Å². The zero-order valence-corrected chi connectivity index (χ0v) is 15.3. The second-order valence-electron chi connectivity index (χ2n) is 6.03. The van der Waals surface area contributed by atoms with Gasteiger partial charge in [-0.2, -0.15) is 0 Å². The van der Waals surface area contributed by atoms with E-state index in [1.807, 2.05) is 37.3 Å². The largest absolute Gasteiger partial charge is 0.355 e. The molecule has 0 unspecified atom stereocenters. The number of nitrogens with zero attached hydrogens (tertiary/aromatic N) is 1. The lowest BCUT2D eigenvalue weighted by Gasteiger charge is -2.17. The number of hydrogen-bond acceptors (Lipinski definition) is 3. The van der Waals surface area contributed by atoms with Crippen LogP contribution in [0.2, 0.25) is 0 Å². The van der Waals surface area contributed by atoms with Crippen molar-refractivity contribution in [3.05, 3.63) is 47.3 Å². The molecule has 0 saturated carbocycles. The number of benzene rings is 1. The molecule has 134 valence electrons. The number of carbonyl (C=O) groups is 2. The van der Waals surface area contributed by atoms with Crippen LogP contribution in [0.15, 0.2) is 30.3 Å². The molecule has 1 aromatic carbocycles. The third-order valence-corrected chi connectivity index (χ3v) is 4.45. The number of hydrogen-bond donors (Lipinski definition) is 2. The molecule has 0 radical (unpaired) electrons. The Balaban J connectivity index is 2.14. The van der Waals surface area contributed by atoms with Gasteiger partial charge in [-0.15, -0.1) is 0 Å². The Kier molecular flexibility index (Phi) is 6.95. The molecule has 0 fully saturated rings. The van der Waals surface area contributed by atoms with Crippen molar-refractivity contribution in [1.29, 1.82) is 0 Å². The van der Waals surface area contributed by atoms with Gasteiger partial charge in [0.05, 0.1) is 11.3 Å². The average molecular weight is 341 g/mol. The van der Waals surface area contributed by atoms with Crippen molar-refractivity contribution < 1.29 is 9.59 Å². The molecule has 1 amide bonds. The molecule has 1 aromatic heterocycles. The van der Waals surface area contributed by atoms with Gasteiger partial charge in [0.2, 0.25) is 0 Å². The van der Waals surface area contributed by atoms with Crippen molar-refractivity contribution in [2.24, 2.45) is 0 Å². The van der Waals surface area contributed by atoms with E-state index in [2.05, 4.69) is 29.0 Å². The molecule has 0 atom stereocenters. The van der Waals surface area contributed by atoms with Crippen LogP contribution in [-0.2, 0) is 0 Å². The van der Waals surface area contributed by atoms with Crippen molar-refractivity contribution in [2.45, 2.75) is 27.2 Å². The number of aromatic amines is 1. The standard InChI is InChI=1S/C20H27N3O2/c1-4-23(5-2)13-9-12-21-20(25)18-15(3)22-17(14-24)19(18)16-10-7-6-8-11-16/h6-8,10-11,14,22H,4-5,9,12-13H2,1-3H3,(H,21,25). The molecular formula is C20H27N3O2. The van der Waals surface area contributed by atoms with Gasteiger partial charge in [0, 0.05) is 17.8 Å². The minimum absolute atomic E-state index is 0.139. The third-order valence-electron chi connectivity index (χ3n) is 4.45. The molecule has 25 heavy (non-hydrogen) atoms. The molecular weight excluding hydrogens is 314 g/mol. The Hall–Kier alpha value is -2.40. The number of H-pyrrole nitrogens is 1. The van der Waals surface area contributed by atoms with Gasteiger partial charge in [-0.1, -0.05) is 44.2 Å². The zero-order valence-electron chi connectivity index (χ0n) is 15.3. The summed E-state index contributed by atoms with van der Waals surface area (Å²) in [4.78, 5) is 29.5. The lowest BCUT2D eigenvalue weighted by Crippen LogP contribution is -2.30. The number of aromatic nitrogens is 1. The van der Waals surface area contributed by atoms with E-state index in [4.69, 9.17) is 0 Å². The Morgan fingerprint density at radius 2 is 1.88 bits per heavy atom. The molecule has 0 aliphatic rings. The highest BCUT2D eigenvalue weighted by Gasteiger charge is 2.21. The first kappa shape index (κ1) is 18.9. The van der Waals surface area contributed by atoms with Crippen LogP contribution in [0.1, 0.15) is 46.8 Å². The lowest BCUT2D eigenvalue weighted by molar-refractivity contribution is 0.0952. The average Bonchev–Trinajstić information content (AvgIpc) is 2.99. The maximum absolute atomic E-state index is 12.7. The van der Waals surface area contributed by atoms with Crippen molar-refractivity contribution in [2.75, 3.05) is 26.2 Å². The Morgan fingerprint density at radius 3 is 2.48 bits per heavy atom. The quantitative estimate of drug-likeness (QED) is 0.543. The van der Waals surface area contributed by atoms with Crippen LogP contribution >= 0.6 is 0 Å².